The molecule has 1 aromatic heterocycles. The molecular formula is C19H16Cl2FN5O. The molecule has 3 aromatic rings. The average Bonchev–Trinajstić information content (AvgIpc) is 2.68. The van der Waals surface area contributed by atoms with E-state index in [0.717, 1.165) is 0 Å². The second-order valence-corrected chi connectivity index (χ2v) is 6.50. The minimum atomic E-state index is -0.605. The summed E-state index contributed by atoms with van der Waals surface area (Å²) in [5.74, 6) is -0.645. The first-order valence-corrected chi connectivity index (χ1v) is 9.03. The van der Waals surface area contributed by atoms with E-state index in [-0.39, 0.29) is 27.5 Å². The molecule has 0 aliphatic rings. The fraction of sp³-hybridized carbons (Fsp3) is 0.105. The van der Waals surface area contributed by atoms with Gasteiger partial charge in [0, 0.05) is 12.6 Å². The van der Waals surface area contributed by atoms with Crippen molar-refractivity contribution < 1.29 is 9.18 Å². The highest BCUT2D eigenvalue weighted by Gasteiger charge is 2.15. The Morgan fingerprint density at radius 3 is 2.79 bits per heavy atom. The van der Waals surface area contributed by atoms with Crippen LogP contribution in [0.25, 0.3) is 10.9 Å². The molecule has 0 aliphatic heterocycles. The van der Waals surface area contributed by atoms with Crippen molar-refractivity contribution >= 4 is 57.2 Å². The highest BCUT2D eigenvalue weighted by molar-refractivity contribution is 6.39. The second kappa shape index (κ2) is 8.97. The molecule has 0 unspecified atom stereocenters. The van der Waals surface area contributed by atoms with Gasteiger partial charge in [-0.1, -0.05) is 35.3 Å². The summed E-state index contributed by atoms with van der Waals surface area (Å²) in [6, 6.07) is 7.92. The topological polar surface area (TPSA) is 78.9 Å². The minimum Gasteiger partial charge on any atom is -0.337 e. The van der Waals surface area contributed by atoms with Crippen LogP contribution in [-0.4, -0.2) is 29.5 Å². The third-order valence-corrected chi connectivity index (χ3v) is 4.48. The molecule has 6 nitrogen and oxygen atoms in total. The number of hydrogen-bond donors (Lipinski definition) is 3. The Hall–Kier alpha value is -2.74. The van der Waals surface area contributed by atoms with E-state index in [1.54, 1.807) is 31.3 Å². The van der Waals surface area contributed by atoms with Crippen LogP contribution >= 0.6 is 23.2 Å². The van der Waals surface area contributed by atoms with Gasteiger partial charge in [0.2, 0.25) is 5.91 Å². The van der Waals surface area contributed by atoms with Crippen LogP contribution in [0.15, 0.2) is 48.8 Å². The van der Waals surface area contributed by atoms with Crippen LogP contribution in [0, 0.1) is 5.82 Å². The normalized spacial score (nSPS) is 11.1. The first-order chi connectivity index (χ1) is 13.5. The lowest BCUT2D eigenvalue weighted by Crippen LogP contribution is -2.11. The molecule has 0 spiro atoms. The molecule has 0 saturated carbocycles. The zero-order valence-electron chi connectivity index (χ0n) is 14.8. The molecule has 0 bridgehead atoms. The van der Waals surface area contributed by atoms with Crippen LogP contribution in [-0.2, 0) is 4.79 Å². The molecule has 2 aromatic carbocycles. The largest absolute Gasteiger partial charge is 0.337 e. The number of likely N-dealkylation sites (N-methyl/N-ethyl adjacent to an activating group) is 1. The molecule has 1 heterocycles. The number of nitrogens with one attached hydrogen (secondary N) is 3. The van der Waals surface area contributed by atoms with Crippen molar-refractivity contribution in [1.82, 2.24) is 15.3 Å². The molecule has 9 heteroatoms. The summed E-state index contributed by atoms with van der Waals surface area (Å²) in [7, 11) is 1.78. The second-order valence-electron chi connectivity index (χ2n) is 5.72. The van der Waals surface area contributed by atoms with Gasteiger partial charge < -0.3 is 16.0 Å². The zero-order chi connectivity index (χ0) is 20.1. The number of hydrogen-bond acceptors (Lipinski definition) is 5. The fourth-order valence-corrected chi connectivity index (χ4v) is 2.96. The lowest BCUT2D eigenvalue weighted by molar-refractivity contribution is -0.111. The summed E-state index contributed by atoms with van der Waals surface area (Å²) in [4.78, 5) is 20.4. The Labute approximate surface area is 170 Å². The zero-order valence-corrected chi connectivity index (χ0v) is 16.3. The van der Waals surface area contributed by atoms with Crippen molar-refractivity contribution in [1.29, 1.82) is 0 Å². The Morgan fingerprint density at radius 1 is 1.18 bits per heavy atom. The lowest BCUT2D eigenvalue weighted by Gasteiger charge is -2.13. The molecule has 28 heavy (non-hydrogen) atoms. The number of fused-ring (bicyclic) bond motifs is 1. The molecule has 3 N–H and O–H groups in total. The Balaban J connectivity index is 1.98. The first-order valence-electron chi connectivity index (χ1n) is 8.27. The van der Waals surface area contributed by atoms with E-state index in [4.69, 9.17) is 23.2 Å². The SMILES string of the molecule is CNC/C=C/C(=O)Nc1ccc2ncnc(Nc3cccc(Cl)c3F)c2c1Cl. The van der Waals surface area contributed by atoms with Gasteiger partial charge in [-0.3, -0.25) is 4.79 Å². The molecule has 0 aliphatic carbocycles. The molecule has 0 saturated heterocycles. The van der Waals surface area contributed by atoms with Crippen LogP contribution in [0.2, 0.25) is 10.0 Å². The Kier molecular flexibility index (Phi) is 6.41. The molecule has 1 amide bonds. The third-order valence-electron chi connectivity index (χ3n) is 3.79. The third kappa shape index (κ3) is 4.39. The lowest BCUT2D eigenvalue weighted by atomic mass is 10.2. The van der Waals surface area contributed by atoms with E-state index in [1.165, 1.54) is 24.5 Å². The fourth-order valence-electron chi connectivity index (χ4n) is 2.49. The van der Waals surface area contributed by atoms with E-state index >= 15 is 0 Å². The van der Waals surface area contributed by atoms with E-state index in [0.29, 0.717) is 23.1 Å². The standard InChI is InChI=1S/C19H16Cl2FN5O/c1-23-9-3-6-15(28)26-13-8-7-12-16(17(13)21)19(25-10-24-12)27-14-5-2-4-11(20)18(14)22/h2-8,10,23H,9H2,1H3,(H,26,28)(H,24,25,27)/b6-3+. The van der Waals surface area contributed by atoms with E-state index < -0.39 is 5.82 Å². The predicted octanol–water partition coefficient (Wildman–Crippen LogP) is 4.53. The number of halogens is 3. The minimum absolute atomic E-state index is 0.0178. The molecule has 0 atom stereocenters. The van der Waals surface area contributed by atoms with Gasteiger partial charge in [0.05, 0.1) is 32.3 Å². The first kappa shape index (κ1) is 20.0. The van der Waals surface area contributed by atoms with Gasteiger partial charge >= 0.3 is 0 Å². The summed E-state index contributed by atoms with van der Waals surface area (Å²) in [5, 5.41) is 9.16. The van der Waals surface area contributed by atoms with Crippen molar-refractivity contribution in [3.63, 3.8) is 0 Å². The average molecular weight is 420 g/mol. The molecule has 3 rings (SSSR count). The van der Waals surface area contributed by atoms with Crippen molar-refractivity contribution in [2.24, 2.45) is 0 Å². The van der Waals surface area contributed by atoms with Crippen molar-refractivity contribution in [3.05, 3.63) is 64.7 Å². The van der Waals surface area contributed by atoms with Crippen molar-refractivity contribution in [2.75, 3.05) is 24.2 Å². The maximum Gasteiger partial charge on any atom is 0.248 e. The molecule has 144 valence electrons. The van der Waals surface area contributed by atoms with Gasteiger partial charge in [-0.25, -0.2) is 14.4 Å². The van der Waals surface area contributed by atoms with E-state index in [1.807, 2.05) is 0 Å². The predicted molar refractivity (Wildman–Crippen MR) is 111 cm³/mol. The Bertz CT molecular complexity index is 1060. The highest BCUT2D eigenvalue weighted by Crippen LogP contribution is 2.36. The van der Waals surface area contributed by atoms with Gasteiger partial charge in [-0.05, 0) is 31.3 Å². The number of anilines is 3. The van der Waals surface area contributed by atoms with Crippen LogP contribution in [0.5, 0.6) is 0 Å². The summed E-state index contributed by atoms with van der Waals surface area (Å²) < 4.78 is 14.2. The monoisotopic (exact) mass is 419 g/mol. The number of aromatic nitrogens is 2. The van der Waals surface area contributed by atoms with E-state index in [9.17, 15) is 9.18 Å². The van der Waals surface area contributed by atoms with Gasteiger partial charge in [0.1, 0.15) is 12.1 Å². The van der Waals surface area contributed by atoms with Gasteiger partial charge in [-0.2, -0.15) is 0 Å². The number of carbonyl (C=O) groups is 1. The van der Waals surface area contributed by atoms with Gasteiger partial charge in [0.25, 0.3) is 0 Å². The van der Waals surface area contributed by atoms with Crippen LogP contribution in [0.3, 0.4) is 0 Å². The maximum atomic E-state index is 14.2. The summed E-state index contributed by atoms with van der Waals surface area (Å²) >= 11 is 12.3. The molecule has 0 fully saturated rings. The van der Waals surface area contributed by atoms with Gasteiger partial charge in [-0.15, -0.1) is 0 Å². The number of carbonyl (C=O) groups excluding carboxylic acids is 1. The molecular weight excluding hydrogens is 404 g/mol. The number of nitrogens with zero attached hydrogens (tertiary/aromatic N) is 2. The van der Waals surface area contributed by atoms with Crippen LogP contribution < -0.4 is 16.0 Å². The number of rotatable bonds is 6. The summed E-state index contributed by atoms with van der Waals surface area (Å²) in [5.41, 5.74) is 1.07. The molecule has 0 radical (unpaired) electrons. The van der Waals surface area contributed by atoms with Gasteiger partial charge in [0.15, 0.2) is 5.82 Å². The smallest absolute Gasteiger partial charge is 0.248 e. The van der Waals surface area contributed by atoms with Crippen LogP contribution in [0.4, 0.5) is 21.6 Å². The van der Waals surface area contributed by atoms with Crippen molar-refractivity contribution in [2.45, 2.75) is 0 Å². The maximum absolute atomic E-state index is 14.2. The summed E-state index contributed by atoms with van der Waals surface area (Å²) in [6.07, 6.45) is 4.42. The number of amides is 1. The van der Waals surface area contributed by atoms with Crippen molar-refractivity contribution in [3.8, 4) is 0 Å². The Morgan fingerprint density at radius 2 is 2.00 bits per heavy atom. The number of benzene rings is 2. The highest BCUT2D eigenvalue weighted by atomic mass is 35.5. The van der Waals surface area contributed by atoms with Crippen LogP contribution in [0.1, 0.15) is 0 Å². The van der Waals surface area contributed by atoms with E-state index in [2.05, 4.69) is 25.9 Å². The quantitative estimate of drug-likeness (QED) is 0.511. The summed E-state index contributed by atoms with van der Waals surface area (Å²) in [6.45, 7) is 0.561.